The molecule has 2 bridgehead atoms. The van der Waals surface area contributed by atoms with Gasteiger partial charge in [0.05, 0.1) is 12.0 Å². The second-order valence-electron chi connectivity index (χ2n) is 13.8. The van der Waals surface area contributed by atoms with Gasteiger partial charge in [-0.05, 0) is 101 Å². The number of hydrogen-bond acceptors (Lipinski definition) is 3. The maximum atomic E-state index is 13.1. The average molecular weight is 556 g/mol. The first-order valence-electron chi connectivity index (χ1n) is 16.1. The summed E-state index contributed by atoms with van der Waals surface area (Å²) in [4.78, 5) is 18.0. The van der Waals surface area contributed by atoms with Gasteiger partial charge in [0.1, 0.15) is 0 Å². The monoisotopic (exact) mass is 555 g/mol. The standard InChI is InChI=1S/C36H49N3O2/c1-5-31-26(2)39(33-14-10-9-13-32(31)33)30-23-28-15-16-29(24-30)38(28)22-19-36(27-11-7-6-8-12-27)17-20-37(21-18-36)34(41)35(3,4)25-40/h6-14,28-30,40H,5,15-25H2,1-4H3/t28-,29?,30?/m1/s1. The van der Waals surface area contributed by atoms with E-state index in [1.54, 1.807) is 0 Å². The van der Waals surface area contributed by atoms with Crippen LogP contribution in [0.1, 0.15) is 88.6 Å². The van der Waals surface area contributed by atoms with Gasteiger partial charge in [0, 0.05) is 47.8 Å². The van der Waals surface area contributed by atoms with E-state index in [1.807, 2.05) is 18.7 Å². The van der Waals surface area contributed by atoms with Crippen LogP contribution in [-0.2, 0) is 16.6 Å². The largest absolute Gasteiger partial charge is 0.395 e. The molecule has 3 saturated heterocycles. The van der Waals surface area contributed by atoms with Crippen molar-refractivity contribution in [1.29, 1.82) is 0 Å². The minimum atomic E-state index is -0.711. The first-order chi connectivity index (χ1) is 19.8. The van der Waals surface area contributed by atoms with E-state index in [1.165, 1.54) is 53.4 Å². The summed E-state index contributed by atoms with van der Waals surface area (Å²) < 4.78 is 2.70. The number of likely N-dealkylation sites (tertiary alicyclic amines) is 1. The lowest BCUT2D eigenvalue weighted by Gasteiger charge is -2.46. The minimum Gasteiger partial charge on any atom is -0.395 e. The molecule has 1 amide bonds. The number of carbonyl (C=O) groups is 1. The Morgan fingerprint density at radius 1 is 0.951 bits per heavy atom. The van der Waals surface area contributed by atoms with Crippen molar-refractivity contribution >= 4 is 16.8 Å². The summed E-state index contributed by atoms with van der Waals surface area (Å²) in [7, 11) is 0. The zero-order valence-electron chi connectivity index (χ0n) is 25.6. The Bertz CT molecular complexity index is 1350. The van der Waals surface area contributed by atoms with Crippen molar-refractivity contribution in [2.75, 3.05) is 26.2 Å². The molecule has 3 aliphatic rings. The van der Waals surface area contributed by atoms with E-state index >= 15 is 0 Å². The Labute approximate surface area is 246 Å². The van der Waals surface area contributed by atoms with Crippen molar-refractivity contribution in [2.24, 2.45) is 5.41 Å². The molecule has 4 heterocycles. The lowest BCUT2D eigenvalue weighted by molar-refractivity contribution is -0.144. The Balaban J connectivity index is 1.18. The van der Waals surface area contributed by atoms with E-state index in [2.05, 4.69) is 77.9 Å². The molecule has 3 fully saturated rings. The topological polar surface area (TPSA) is 48.7 Å². The number of aryl methyl sites for hydroxylation is 1. The number of piperidine rings is 2. The quantitative estimate of drug-likeness (QED) is 0.339. The highest BCUT2D eigenvalue weighted by Crippen LogP contribution is 2.46. The fourth-order valence-corrected chi connectivity index (χ4v) is 8.65. The van der Waals surface area contributed by atoms with Crippen LogP contribution in [0.5, 0.6) is 0 Å². The van der Waals surface area contributed by atoms with E-state index in [-0.39, 0.29) is 17.9 Å². The molecule has 5 heteroatoms. The number of rotatable bonds is 8. The summed E-state index contributed by atoms with van der Waals surface area (Å²) in [5.41, 5.74) is 5.23. The van der Waals surface area contributed by atoms with Crippen molar-refractivity contribution in [3.8, 4) is 0 Å². The molecule has 2 aromatic carbocycles. The summed E-state index contributed by atoms with van der Waals surface area (Å²) in [6.07, 6.45) is 9.34. The molecular weight excluding hydrogens is 506 g/mol. The minimum absolute atomic E-state index is 0.0841. The third-order valence-corrected chi connectivity index (χ3v) is 11.1. The average Bonchev–Trinajstić information content (AvgIpc) is 3.43. The SMILES string of the molecule is CCc1c(C)n(C2CC3CC[C@H](C2)N3CCC2(c3ccccc3)CCN(C(=O)C(C)(C)CO)CC2)c2ccccc12. The molecule has 1 aromatic heterocycles. The first kappa shape index (κ1) is 28.5. The van der Waals surface area contributed by atoms with Crippen molar-refractivity contribution in [2.45, 2.75) is 103 Å². The summed E-state index contributed by atoms with van der Waals surface area (Å²) >= 11 is 0. The number of hydrogen-bond donors (Lipinski definition) is 1. The molecule has 5 nitrogen and oxygen atoms in total. The smallest absolute Gasteiger partial charge is 0.230 e. The Morgan fingerprint density at radius 2 is 1.59 bits per heavy atom. The normalized spacial score (nSPS) is 24.7. The van der Waals surface area contributed by atoms with Crippen LogP contribution >= 0.6 is 0 Å². The van der Waals surface area contributed by atoms with E-state index < -0.39 is 5.41 Å². The highest BCUT2D eigenvalue weighted by molar-refractivity contribution is 5.85. The summed E-state index contributed by atoms with van der Waals surface area (Å²) in [5, 5.41) is 11.2. The molecule has 41 heavy (non-hydrogen) atoms. The van der Waals surface area contributed by atoms with Crippen LogP contribution in [0.15, 0.2) is 54.6 Å². The van der Waals surface area contributed by atoms with Gasteiger partial charge in [0.25, 0.3) is 0 Å². The van der Waals surface area contributed by atoms with E-state index in [0.717, 1.165) is 45.3 Å². The van der Waals surface area contributed by atoms with E-state index in [9.17, 15) is 9.90 Å². The number of fused-ring (bicyclic) bond motifs is 3. The fraction of sp³-hybridized carbons (Fsp3) is 0.583. The number of para-hydroxylation sites is 1. The van der Waals surface area contributed by atoms with Gasteiger partial charge in [-0.2, -0.15) is 0 Å². The third-order valence-electron chi connectivity index (χ3n) is 11.1. The first-order valence-corrected chi connectivity index (χ1v) is 16.1. The Hall–Kier alpha value is -2.63. The molecule has 3 aromatic rings. The highest BCUT2D eigenvalue weighted by Gasteiger charge is 2.45. The van der Waals surface area contributed by atoms with Gasteiger partial charge in [0.15, 0.2) is 0 Å². The second-order valence-corrected chi connectivity index (χ2v) is 13.8. The van der Waals surface area contributed by atoms with Crippen molar-refractivity contribution in [3.05, 3.63) is 71.4 Å². The van der Waals surface area contributed by atoms with Crippen molar-refractivity contribution < 1.29 is 9.90 Å². The van der Waals surface area contributed by atoms with Crippen LogP contribution in [0, 0.1) is 12.3 Å². The van der Waals surface area contributed by atoms with E-state index in [0.29, 0.717) is 18.1 Å². The Morgan fingerprint density at radius 3 is 2.22 bits per heavy atom. The predicted molar refractivity (Wildman–Crippen MR) is 167 cm³/mol. The van der Waals surface area contributed by atoms with Crippen LogP contribution in [0.25, 0.3) is 10.9 Å². The number of benzene rings is 2. The zero-order valence-corrected chi connectivity index (χ0v) is 25.6. The van der Waals surface area contributed by atoms with E-state index in [4.69, 9.17) is 0 Å². The maximum absolute atomic E-state index is 13.1. The fourth-order valence-electron chi connectivity index (χ4n) is 8.65. The summed E-state index contributed by atoms with van der Waals surface area (Å²) in [6, 6.07) is 22.0. The van der Waals surface area contributed by atoms with Gasteiger partial charge in [-0.1, -0.05) is 55.5 Å². The predicted octanol–water partition coefficient (Wildman–Crippen LogP) is 6.65. The van der Waals surface area contributed by atoms with Crippen LogP contribution in [-0.4, -0.2) is 63.7 Å². The lowest BCUT2D eigenvalue weighted by atomic mass is 9.70. The number of nitrogens with zero attached hydrogens (tertiary/aromatic N) is 3. The van der Waals surface area contributed by atoms with Crippen molar-refractivity contribution in [3.63, 3.8) is 0 Å². The second kappa shape index (κ2) is 11.2. The van der Waals surface area contributed by atoms with Gasteiger partial charge >= 0.3 is 0 Å². The third kappa shape index (κ3) is 5.03. The number of carbonyl (C=O) groups excluding carboxylic acids is 1. The van der Waals surface area contributed by atoms with Crippen LogP contribution in [0.3, 0.4) is 0 Å². The number of aromatic nitrogens is 1. The van der Waals surface area contributed by atoms with Gasteiger partial charge in [-0.25, -0.2) is 0 Å². The summed E-state index contributed by atoms with van der Waals surface area (Å²) in [5.74, 6) is 0.0841. The molecule has 3 aliphatic heterocycles. The zero-order chi connectivity index (χ0) is 28.8. The number of aliphatic hydroxyl groups is 1. The molecule has 0 radical (unpaired) electrons. The molecule has 3 atom stereocenters. The van der Waals surface area contributed by atoms with Gasteiger partial charge in [-0.3, -0.25) is 9.69 Å². The van der Waals surface area contributed by atoms with Crippen molar-refractivity contribution in [1.82, 2.24) is 14.4 Å². The molecule has 0 aliphatic carbocycles. The van der Waals surface area contributed by atoms with Gasteiger partial charge in [0.2, 0.25) is 5.91 Å². The molecule has 1 N–H and O–H groups in total. The molecule has 0 spiro atoms. The van der Waals surface area contributed by atoms with Crippen LogP contribution in [0.4, 0.5) is 0 Å². The van der Waals surface area contributed by atoms with Gasteiger partial charge in [-0.15, -0.1) is 0 Å². The Kier molecular flexibility index (Phi) is 7.80. The summed E-state index contributed by atoms with van der Waals surface area (Å²) in [6.45, 7) is 10.9. The molecule has 0 saturated carbocycles. The van der Waals surface area contributed by atoms with Crippen LogP contribution in [0.2, 0.25) is 0 Å². The van der Waals surface area contributed by atoms with Crippen LogP contribution < -0.4 is 0 Å². The molecule has 2 unspecified atom stereocenters. The van der Waals surface area contributed by atoms with Gasteiger partial charge < -0.3 is 14.6 Å². The maximum Gasteiger partial charge on any atom is 0.230 e. The molecule has 6 rings (SSSR count). The highest BCUT2D eigenvalue weighted by atomic mass is 16.3. The molecular formula is C36H49N3O2. The number of amides is 1. The molecule has 220 valence electrons. The number of aliphatic hydroxyl groups excluding tert-OH is 1. The lowest BCUT2D eigenvalue weighted by Crippen LogP contribution is -2.51.